The lowest BCUT2D eigenvalue weighted by Crippen LogP contribution is -2.23. The maximum Gasteiger partial charge on any atom is 0.253 e. The maximum atomic E-state index is 11.9. The summed E-state index contributed by atoms with van der Waals surface area (Å²) in [4.78, 5) is 11.9. The first kappa shape index (κ1) is 14.7. The molecule has 0 fully saturated rings. The van der Waals surface area contributed by atoms with Gasteiger partial charge in [-0.2, -0.15) is 0 Å². The van der Waals surface area contributed by atoms with E-state index in [1.165, 1.54) is 0 Å². The van der Waals surface area contributed by atoms with Gasteiger partial charge in [0.2, 0.25) is 0 Å². The third kappa shape index (κ3) is 2.49. The minimum atomic E-state index is 0.0221. The van der Waals surface area contributed by atoms with Crippen molar-refractivity contribution in [1.82, 2.24) is 4.57 Å². The van der Waals surface area contributed by atoms with Crippen LogP contribution in [0.5, 0.6) is 5.75 Å². The van der Waals surface area contributed by atoms with E-state index in [1.807, 2.05) is 31.3 Å². The molecule has 1 aromatic heterocycles. The number of hydrogen-bond donors (Lipinski definition) is 1. The highest BCUT2D eigenvalue weighted by atomic mass is 16.5. The average Bonchev–Trinajstić information content (AvgIpc) is 2.50. The zero-order valence-electron chi connectivity index (χ0n) is 13.3. The van der Waals surface area contributed by atoms with Crippen molar-refractivity contribution in [3.8, 4) is 16.9 Å². The van der Waals surface area contributed by atoms with Crippen LogP contribution in [0.25, 0.3) is 11.1 Å². The van der Waals surface area contributed by atoms with Gasteiger partial charge in [0.15, 0.2) is 0 Å². The zero-order valence-corrected chi connectivity index (χ0v) is 13.3. The van der Waals surface area contributed by atoms with Gasteiger partial charge < -0.3 is 15.0 Å². The summed E-state index contributed by atoms with van der Waals surface area (Å²) in [6, 6.07) is 5.85. The van der Waals surface area contributed by atoms with Gasteiger partial charge in [-0.3, -0.25) is 4.79 Å². The first-order valence-electron chi connectivity index (χ1n) is 7.76. The standard InChI is InChI=1S/C18H22N2O2/c1-4-15-6-5-12-8-14(19)9-16(17(12)22-15)13-7-11(2)18(21)20(3)10-13/h7-10,15H,4-6,19H2,1-3H3. The van der Waals surface area contributed by atoms with Gasteiger partial charge >= 0.3 is 0 Å². The Labute approximate surface area is 130 Å². The molecule has 2 aromatic rings. The normalized spacial score (nSPS) is 17.0. The molecular weight excluding hydrogens is 276 g/mol. The number of nitrogen functional groups attached to an aromatic ring is 1. The largest absolute Gasteiger partial charge is 0.489 e. The van der Waals surface area contributed by atoms with Crippen molar-refractivity contribution in [2.24, 2.45) is 7.05 Å². The lowest BCUT2D eigenvalue weighted by atomic mass is 9.94. The van der Waals surface area contributed by atoms with E-state index in [0.29, 0.717) is 0 Å². The van der Waals surface area contributed by atoms with Gasteiger partial charge in [0.1, 0.15) is 5.75 Å². The summed E-state index contributed by atoms with van der Waals surface area (Å²) < 4.78 is 7.80. The Morgan fingerprint density at radius 1 is 1.36 bits per heavy atom. The highest BCUT2D eigenvalue weighted by Crippen LogP contribution is 2.40. The third-order valence-corrected chi connectivity index (χ3v) is 4.34. The second-order valence-corrected chi connectivity index (χ2v) is 6.07. The molecular formula is C18H22N2O2. The molecule has 22 heavy (non-hydrogen) atoms. The van der Waals surface area contributed by atoms with Gasteiger partial charge in [-0.15, -0.1) is 0 Å². The Morgan fingerprint density at radius 2 is 2.14 bits per heavy atom. The van der Waals surface area contributed by atoms with Crippen LogP contribution in [0.2, 0.25) is 0 Å². The van der Waals surface area contributed by atoms with E-state index < -0.39 is 0 Å². The van der Waals surface area contributed by atoms with E-state index >= 15 is 0 Å². The van der Waals surface area contributed by atoms with Crippen LogP contribution in [0.1, 0.15) is 30.9 Å². The minimum Gasteiger partial charge on any atom is -0.489 e. The molecule has 0 aliphatic carbocycles. The highest BCUT2D eigenvalue weighted by Gasteiger charge is 2.22. The van der Waals surface area contributed by atoms with Crippen LogP contribution in [0.15, 0.2) is 29.2 Å². The molecule has 116 valence electrons. The van der Waals surface area contributed by atoms with Gasteiger partial charge in [0, 0.05) is 35.6 Å². The number of benzene rings is 1. The average molecular weight is 298 g/mol. The molecule has 0 radical (unpaired) electrons. The monoisotopic (exact) mass is 298 g/mol. The summed E-state index contributed by atoms with van der Waals surface area (Å²) in [6.07, 6.45) is 5.11. The number of hydrogen-bond acceptors (Lipinski definition) is 3. The summed E-state index contributed by atoms with van der Waals surface area (Å²) >= 11 is 0. The van der Waals surface area contributed by atoms with Crippen LogP contribution in [0.3, 0.4) is 0 Å². The molecule has 2 heterocycles. The van der Waals surface area contributed by atoms with Crippen LogP contribution in [0.4, 0.5) is 5.69 Å². The Kier molecular flexibility index (Phi) is 3.69. The molecule has 2 N–H and O–H groups in total. The van der Waals surface area contributed by atoms with E-state index in [1.54, 1.807) is 11.6 Å². The molecule has 1 atom stereocenters. The number of fused-ring (bicyclic) bond motifs is 1. The first-order valence-corrected chi connectivity index (χ1v) is 7.76. The molecule has 4 heteroatoms. The fraction of sp³-hybridized carbons (Fsp3) is 0.389. The van der Waals surface area contributed by atoms with Gasteiger partial charge in [0.05, 0.1) is 6.10 Å². The van der Waals surface area contributed by atoms with Crippen LogP contribution in [0, 0.1) is 6.92 Å². The summed E-state index contributed by atoms with van der Waals surface area (Å²) in [7, 11) is 1.77. The predicted molar refractivity (Wildman–Crippen MR) is 89.3 cm³/mol. The van der Waals surface area contributed by atoms with Gasteiger partial charge in [-0.05, 0) is 49.9 Å². The summed E-state index contributed by atoms with van der Waals surface area (Å²) in [5, 5.41) is 0. The van der Waals surface area contributed by atoms with E-state index in [0.717, 1.165) is 53.0 Å². The molecule has 0 saturated carbocycles. The lowest BCUT2D eigenvalue weighted by Gasteiger charge is -2.28. The fourth-order valence-corrected chi connectivity index (χ4v) is 3.11. The second-order valence-electron chi connectivity index (χ2n) is 6.07. The van der Waals surface area contributed by atoms with Crippen molar-refractivity contribution in [3.63, 3.8) is 0 Å². The Morgan fingerprint density at radius 3 is 2.82 bits per heavy atom. The van der Waals surface area contributed by atoms with Crippen molar-refractivity contribution >= 4 is 5.69 Å². The first-order chi connectivity index (χ1) is 10.5. The Balaban J connectivity index is 2.19. The molecule has 1 aliphatic heterocycles. The van der Waals surface area contributed by atoms with E-state index in [9.17, 15) is 4.79 Å². The number of rotatable bonds is 2. The number of anilines is 1. The molecule has 1 unspecified atom stereocenters. The van der Waals surface area contributed by atoms with Crippen LogP contribution < -0.4 is 16.0 Å². The molecule has 0 saturated heterocycles. The summed E-state index contributed by atoms with van der Waals surface area (Å²) in [5.74, 6) is 0.922. The van der Waals surface area contributed by atoms with Crippen LogP contribution in [-0.4, -0.2) is 10.7 Å². The van der Waals surface area contributed by atoms with E-state index in [4.69, 9.17) is 10.5 Å². The molecule has 3 rings (SSSR count). The van der Waals surface area contributed by atoms with Crippen molar-refractivity contribution in [1.29, 1.82) is 0 Å². The van der Waals surface area contributed by atoms with Crippen molar-refractivity contribution in [2.75, 3.05) is 5.73 Å². The van der Waals surface area contributed by atoms with E-state index in [2.05, 4.69) is 6.92 Å². The number of nitrogens with zero attached hydrogens (tertiary/aromatic N) is 1. The Hall–Kier alpha value is -2.23. The quantitative estimate of drug-likeness (QED) is 0.867. The minimum absolute atomic E-state index is 0.0221. The molecule has 4 nitrogen and oxygen atoms in total. The predicted octanol–water partition coefficient (Wildman–Crippen LogP) is 3.05. The number of pyridine rings is 1. The van der Waals surface area contributed by atoms with Crippen molar-refractivity contribution in [2.45, 2.75) is 39.2 Å². The van der Waals surface area contributed by atoms with Crippen molar-refractivity contribution in [3.05, 3.63) is 45.9 Å². The lowest BCUT2D eigenvalue weighted by molar-refractivity contribution is 0.170. The van der Waals surface area contributed by atoms with Crippen LogP contribution >= 0.6 is 0 Å². The number of aromatic nitrogens is 1. The highest BCUT2D eigenvalue weighted by molar-refractivity contribution is 5.76. The zero-order chi connectivity index (χ0) is 15.9. The molecule has 1 aromatic carbocycles. The molecule has 0 amide bonds. The van der Waals surface area contributed by atoms with E-state index in [-0.39, 0.29) is 11.7 Å². The SMILES string of the molecule is CCC1CCc2cc(N)cc(-c3cc(C)c(=O)n(C)c3)c2O1. The smallest absolute Gasteiger partial charge is 0.253 e. The number of nitrogens with two attached hydrogens (primary N) is 1. The fourth-order valence-electron chi connectivity index (χ4n) is 3.11. The second kappa shape index (κ2) is 5.52. The topological polar surface area (TPSA) is 57.2 Å². The van der Waals surface area contributed by atoms with Gasteiger partial charge in [0.25, 0.3) is 5.56 Å². The molecule has 1 aliphatic rings. The van der Waals surface area contributed by atoms with Crippen LogP contribution in [-0.2, 0) is 13.5 Å². The Bertz CT molecular complexity index is 751. The molecule has 0 spiro atoms. The number of aryl methyl sites for hydroxylation is 3. The molecule has 0 bridgehead atoms. The number of ether oxygens (including phenoxy) is 1. The van der Waals surface area contributed by atoms with Gasteiger partial charge in [-0.25, -0.2) is 0 Å². The van der Waals surface area contributed by atoms with Crippen molar-refractivity contribution < 1.29 is 4.74 Å². The maximum absolute atomic E-state index is 11.9. The third-order valence-electron chi connectivity index (χ3n) is 4.34. The summed E-state index contributed by atoms with van der Waals surface area (Å²) in [6.45, 7) is 3.98. The summed E-state index contributed by atoms with van der Waals surface area (Å²) in [5.41, 5.74) is 10.7. The van der Waals surface area contributed by atoms with Gasteiger partial charge in [-0.1, -0.05) is 6.92 Å².